The Labute approximate surface area is 876 Å². The smallest absolute Gasteiger partial charge is 0.331 e. The number of nitrogens with one attached hydrogen (secondary N) is 4. The Morgan fingerprint density at radius 2 is 0.584 bits per heavy atom. The van der Waals surface area contributed by atoms with Crippen LogP contribution in [0.2, 0.25) is 0 Å². The highest BCUT2D eigenvalue weighted by molar-refractivity contribution is 5.89. The van der Waals surface area contributed by atoms with E-state index < -0.39 is 11.6 Å². The zero-order valence-electron chi connectivity index (χ0n) is 87.0. The van der Waals surface area contributed by atoms with E-state index in [0.717, 1.165) is 190 Å². The molecule has 149 heavy (non-hydrogen) atoms. The van der Waals surface area contributed by atoms with Gasteiger partial charge in [0.2, 0.25) is 35.4 Å². The normalized spacial score (nSPS) is 13.4. The summed E-state index contributed by atoms with van der Waals surface area (Å²) in [5, 5.41) is 28.8. The van der Waals surface area contributed by atoms with Crippen molar-refractivity contribution in [1.82, 2.24) is 51.4 Å². The van der Waals surface area contributed by atoms with E-state index in [1.54, 1.807) is 65.4 Å². The fourth-order valence-corrected chi connectivity index (χ4v) is 15.6. The summed E-state index contributed by atoms with van der Waals surface area (Å²) in [4.78, 5) is 145. The van der Waals surface area contributed by atoms with E-state index in [2.05, 4.69) is 153 Å². The highest BCUT2D eigenvalue weighted by Gasteiger charge is 2.26. The number of nitrogens with zero attached hydrogens (tertiary/aromatic N) is 10. The highest BCUT2D eigenvalue weighted by atomic mass is 16.6. The van der Waals surface area contributed by atoms with E-state index in [4.69, 9.17) is 29.8 Å². The van der Waals surface area contributed by atoms with Crippen LogP contribution in [0.4, 0.5) is 22.7 Å². The van der Waals surface area contributed by atoms with Crippen LogP contribution in [0.15, 0.2) is 201 Å². The molecule has 0 bridgehead atoms. The number of unbranched alkanes of at least 4 members (excludes halogenated alkanes) is 9. The van der Waals surface area contributed by atoms with Crippen LogP contribution < -0.4 is 41.4 Å². The number of piperazine rings is 4. The van der Waals surface area contributed by atoms with Crippen LogP contribution in [0.3, 0.4) is 0 Å². The van der Waals surface area contributed by atoms with Crippen LogP contribution in [-0.2, 0) is 66.9 Å². The van der Waals surface area contributed by atoms with Crippen molar-refractivity contribution in [1.29, 1.82) is 0 Å². The Morgan fingerprint density at radius 1 is 0.329 bits per heavy atom. The number of amides is 6. The minimum absolute atomic E-state index is 0.186. The van der Waals surface area contributed by atoms with Crippen molar-refractivity contribution < 1.29 is 82.5 Å². The number of hydrogen-bond acceptors (Lipinski definition) is 25. The van der Waals surface area contributed by atoms with E-state index in [1.807, 2.05) is 154 Å². The van der Waals surface area contributed by atoms with Crippen molar-refractivity contribution in [3.8, 4) is 47.4 Å². The number of ether oxygens (including phenoxy) is 4. The molecule has 0 saturated carbocycles. The van der Waals surface area contributed by atoms with Crippen LogP contribution in [0.5, 0.6) is 0 Å². The third kappa shape index (κ3) is 46.4. The van der Waals surface area contributed by atoms with E-state index in [9.17, 15) is 47.9 Å². The van der Waals surface area contributed by atoms with E-state index in [-0.39, 0.29) is 53.4 Å². The summed E-state index contributed by atoms with van der Waals surface area (Å²) in [5.74, 6) is 23.8. The lowest BCUT2D eigenvalue weighted by Gasteiger charge is -2.36. The zero-order valence-corrected chi connectivity index (χ0v) is 87.0. The monoisotopic (exact) mass is 2030 g/mol. The summed E-state index contributed by atoms with van der Waals surface area (Å²) in [6.45, 7) is 27.4. The SMILES string of the molecule is CC(C)(C)OC(=O)/C=C/c1ccc(C#Cc2ccc(N3CCN(C(=O)CCCCCCC(=O)NO)CC3)cc2)cc1.CC(C)COC(=O)/C=C/c1ccc(C#Cc2ccc(N3CCN(C(=O)CCCCCCC(=O)NO)CC3)cc2)cn1.CC(C)COC(=O)/C=C/c1ccc(C#Cc2ccc(N3CCNCC3)cc2)cn1.COC(=O)/C=C/c1ccc(C#Cc2ccc(N3CCN(C(=O)CCCCCCC(=O)NO)CC3)cc2)cn1. The van der Waals surface area contributed by atoms with E-state index in [1.165, 1.54) is 37.1 Å². The van der Waals surface area contributed by atoms with Crippen molar-refractivity contribution in [2.24, 2.45) is 11.8 Å². The topological polar surface area (TPSA) is 378 Å². The molecule has 7 N–H and O–H groups in total. The molecule has 8 aromatic rings. The summed E-state index contributed by atoms with van der Waals surface area (Å²) in [6, 6.07) is 51.5. The molecule has 3 aromatic heterocycles. The average molecular weight is 2030 g/mol. The molecular weight excluding hydrogens is 1890 g/mol. The summed E-state index contributed by atoms with van der Waals surface area (Å²) in [5.41, 5.74) is 18.8. The molecule has 31 heteroatoms. The average Bonchev–Trinajstić information content (AvgIpc) is 0.843. The van der Waals surface area contributed by atoms with Gasteiger partial charge in [-0.2, -0.15) is 0 Å². The molecule has 0 spiro atoms. The van der Waals surface area contributed by atoms with Crippen LogP contribution in [0.25, 0.3) is 24.3 Å². The fraction of sp³-hybridized carbons (Fsp3) is 0.398. The summed E-state index contributed by atoms with van der Waals surface area (Å²) in [7, 11) is 1.33. The maximum Gasteiger partial charge on any atom is 0.331 e. The molecule has 4 saturated heterocycles. The van der Waals surface area contributed by atoms with E-state index >= 15 is 0 Å². The zero-order chi connectivity index (χ0) is 107. The number of carbonyl (C=O) groups excluding carboxylic acids is 10. The molecule has 4 fully saturated rings. The first-order valence-corrected chi connectivity index (χ1v) is 51.2. The maximum atomic E-state index is 12.6. The Morgan fingerprint density at radius 3 is 0.846 bits per heavy atom. The lowest BCUT2D eigenvalue weighted by Crippen LogP contribution is -2.48. The predicted molar refractivity (Wildman–Crippen MR) is 579 cm³/mol. The summed E-state index contributed by atoms with van der Waals surface area (Å²) in [6.07, 6.45) is 29.6. The Bertz CT molecular complexity index is 5970. The second-order valence-corrected chi connectivity index (χ2v) is 37.9. The second kappa shape index (κ2) is 65.2. The van der Waals surface area contributed by atoms with Gasteiger partial charge in [-0.15, -0.1) is 0 Å². The quantitative estimate of drug-likeness (QED) is 0.00362. The van der Waals surface area contributed by atoms with Crippen molar-refractivity contribution in [3.63, 3.8) is 0 Å². The summed E-state index contributed by atoms with van der Waals surface area (Å²) >= 11 is 0. The van der Waals surface area contributed by atoms with Gasteiger partial charge in [-0.3, -0.25) is 59.3 Å². The van der Waals surface area contributed by atoms with Crippen molar-refractivity contribution >= 4 is 106 Å². The first-order valence-electron chi connectivity index (χ1n) is 51.2. The van der Waals surface area contributed by atoms with E-state index in [0.29, 0.717) is 139 Å². The molecule has 0 unspecified atom stereocenters. The third-order valence-electron chi connectivity index (χ3n) is 23.9. The van der Waals surface area contributed by atoms with Crippen LogP contribution in [0.1, 0.15) is 231 Å². The first kappa shape index (κ1) is 117. The van der Waals surface area contributed by atoms with Gasteiger partial charge in [0.05, 0.1) is 37.4 Å². The lowest BCUT2D eigenvalue weighted by atomic mass is 10.1. The fourth-order valence-electron chi connectivity index (χ4n) is 15.6. The molecule has 786 valence electrons. The first-order chi connectivity index (χ1) is 72.0. The number of rotatable bonds is 37. The van der Waals surface area contributed by atoms with Gasteiger partial charge in [0.25, 0.3) is 0 Å². The molecule has 0 atom stereocenters. The Balaban J connectivity index is 0.000000222. The second-order valence-electron chi connectivity index (χ2n) is 37.9. The number of carbonyl (C=O) groups is 10. The number of benzene rings is 5. The third-order valence-corrected chi connectivity index (χ3v) is 23.9. The van der Waals surface area contributed by atoms with Crippen LogP contribution >= 0.6 is 0 Å². The standard InChI is InChI=1S/C33H41N3O5.C32H40N4O5.C29H34N4O5.C24H27N3O2/c1-33(2,3)41-32(39)21-18-27-13-10-26(11-14-27)12-15-28-16-19-29(20-17-28)35-22-24-36(25-23-35)31(38)9-7-5-4-6-8-30(37)34-40;1-25(2)24-41-32(39)18-15-28-14-11-27(23-33-28)10-9-26-12-16-29(17-13-26)35-19-21-36(22-20-35)31(38)8-6-4-3-5-7-30(37)34-40;1-38-29(36)17-14-25-13-10-24(22-30-25)9-8-23-11-15-26(16-12-23)32-18-20-33(21-19-32)28(35)7-5-3-2-4-6-27(34)31-37;1-19(2)18-29-24(28)12-9-22-8-5-21(17-26-22)4-3-20-6-10-23(11-7-20)27-15-13-25-14-16-27/h10-11,13-14,16-21,40H,4-9,22-25H2,1-3H3,(H,34,37);11-18,23,25,40H,3-8,19-22,24H2,1-2H3,(H,34,37);10-17,22,37H,2-7,18-21H2,1H3,(H,31,34);5-12,17,19,25H,13-16,18H2,1-2H3/b21-18+;18-15+;17-14+;12-9+. The minimum atomic E-state index is -0.513. The van der Waals surface area contributed by atoms with Crippen molar-refractivity contribution in [3.05, 3.63) is 268 Å². The molecule has 4 aliphatic rings. The molecule has 4 aliphatic heterocycles. The Hall–Kier alpha value is -15.5. The van der Waals surface area contributed by atoms with Gasteiger partial charge in [-0.05, 0) is 247 Å². The predicted octanol–water partition coefficient (Wildman–Crippen LogP) is 15.4. The maximum absolute atomic E-state index is 12.6. The van der Waals surface area contributed by atoms with Gasteiger partial charge >= 0.3 is 23.9 Å². The Kier molecular flexibility index (Phi) is 51.2. The summed E-state index contributed by atoms with van der Waals surface area (Å²) < 4.78 is 20.1. The van der Waals surface area contributed by atoms with Gasteiger partial charge in [-0.25, -0.2) is 35.6 Å². The van der Waals surface area contributed by atoms with Crippen molar-refractivity contribution in [2.75, 3.05) is 145 Å². The van der Waals surface area contributed by atoms with Crippen LogP contribution in [-0.4, -0.2) is 235 Å². The van der Waals surface area contributed by atoms with Gasteiger partial charge in [0.1, 0.15) is 5.60 Å². The highest BCUT2D eigenvalue weighted by Crippen LogP contribution is 2.25. The number of hydrogen-bond donors (Lipinski definition) is 7. The molecule has 0 radical (unpaired) electrons. The number of aromatic nitrogens is 3. The number of anilines is 4. The van der Waals surface area contributed by atoms with Gasteiger partial charge in [0.15, 0.2) is 0 Å². The molecule has 7 heterocycles. The molecule has 0 aliphatic carbocycles. The number of methoxy groups -OCH3 is 1. The van der Waals surface area contributed by atoms with Crippen LogP contribution in [0, 0.1) is 59.2 Å². The van der Waals surface area contributed by atoms with Gasteiger partial charge in [-0.1, -0.05) is 126 Å². The molecule has 12 rings (SSSR count). The van der Waals surface area contributed by atoms with Crippen molar-refractivity contribution in [2.45, 2.75) is 170 Å². The molecule has 5 aromatic carbocycles. The lowest BCUT2D eigenvalue weighted by molar-refractivity contribution is -0.148. The van der Waals surface area contributed by atoms with Gasteiger partial charge < -0.3 is 58.6 Å². The van der Waals surface area contributed by atoms with Gasteiger partial charge in [0, 0.05) is 253 Å². The number of esters is 4. The molecule has 31 nitrogen and oxygen atoms in total. The molecule has 6 amide bonds. The minimum Gasteiger partial charge on any atom is -0.466 e. The molecular formula is C118H142N14O17. The largest absolute Gasteiger partial charge is 0.466 e. The number of pyridine rings is 3. The number of hydroxylamine groups is 3.